The van der Waals surface area contributed by atoms with Gasteiger partial charge in [-0.15, -0.1) is 0 Å². The highest BCUT2D eigenvalue weighted by atomic mass is 35.5. The Bertz CT molecular complexity index is 811. The normalized spacial score (nSPS) is 11.1. The number of nitrogen functional groups attached to an aromatic ring is 1. The molecule has 3 aromatic rings. The number of fused-ring (bicyclic) bond motifs is 1. The Morgan fingerprint density at radius 3 is 2.76 bits per heavy atom. The van der Waals surface area contributed by atoms with Gasteiger partial charge in [0.15, 0.2) is 0 Å². The Kier molecular flexibility index (Phi) is 3.47. The van der Waals surface area contributed by atoms with Crippen molar-refractivity contribution in [2.24, 2.45) is 0 Å². The molecule has 0 amide bonds. The van der Waals surface area contributed by atoms with Gasteiger partial charge in [0, 0.05) is 23.3 Å². The third-order valence-corrected chi connectivity index (χ3v) is 3.66. The molecule has 1 aromatic heterocycles. The van der Waals surface area contributed by atoms with Gasteiger partial charge in [0.25, 0.3) is 0 Å². The molecule has 0 aliphatic rings. The first-order chi connectivity index (χ1) is 10.1. The summed E-state index contributed by atoms with van der Waals surface area (Å²) >= 11 is 6.04. The summed E-state index contributed by atoms with van der Waals surface area (Å²) in [6.07, 6.45) is 0.969. The maximum absolute atomic E-state index is 10.2. The highest BCUT2D eigenvalue weighted by molar-refractivity contribution is 6.31. The molecule has 0 unspecified atom stereocenters. The molecule has 3 N–H and O–H groups in total. The molecule has 0 bridgehead atoms. The first-order valence-corrected chi connectivity index (χ1v) is 7.22. The third kappa shape index (κ3) is 2.43. The van der Waals surface area contributed by atoms with Gasteiger partial charge in [0.2, 0.25) is 0 Å². The zero-order valence-corrected chi connectivity index (χ0v) is 12.4. The summed E-state index contributed by atoms with van der Waals surface area (Å²) in [7, 11) is 0. The molecular weight excluding hydrogens is 286 g/mol. The molecule has 0 aliphatic heterocycles. The van der Waals surface area contributed by atoms with Crippen molar-refractivity contribution in [1.29, 1.82) is 0 Å². The van der Waals surface area contributed by atoms with Crippen molar-refractivity contribution in [2.45, 2.75) is 19.9 Å². The standard InChI is InChI=1S/C16H16ClN3O/c1-2-7-20-14-6-3-10(17)8-13(14)19-16(20)12-5-4-11(18)9-15(12)21/h3-6,8-9,21H,2,7,18H2,1H3. The summed E-state index contributed by atoms with van der Waals surface area (Å²) in [5.74, 6) is 0.861. The number of phenolic OH excluding ortho intramolecular Hbond substituents is 1. The molecule has 0 saturated heterocycles. The summed E-state index contributed by atoms with van der Waals surface area (Å²) in [4.78, 5) is 4.63. The van der Waals surface area contributed by atoms with Crippen LogP contribution in [0.25, 0.3) is 22.4 Å². The van der Waals surface area contributed by atoms with Crippen molar-refractivity contribution in [3.05, 3.63) is 41.4 Å². The van der Waals surface area contributed by atoms with Gasteiger partial charge in [0.05, 0.1) is 16.6 Å². The van der Waals surface area contributed by atoms with E-state index >= 15 is 0 Å². The molecule has 0 saturated carbocycles. The monoisotopic (exact) mass is 301 g/mol. The number of rotatable bonds is 3. The van der Waals surface area contributed by atoms with Gasteiger partial charge in [-0.2, -0.15) is 0 Å². The Labute approximate surface area is 127 Å². The van der Waals surface area contributed by atoms with Crippen molar-refractivity contribution in [2.75, 3.05) is 5.73 Å². The number of anilines is 1. The number of halogens is 1. The van der Waals surface area contributed by atoms with E-state index in [1.807, 2.05) is 18.2 Å². The number of benzene rings is 2. The summed E-state index contributed by atoms with van der Waals surface area (Å²) in [6.45, 7) is 2.92. The quantitative estimate of drug-likeness (QED) is 0.717. The fraction of sp³-hybridized carbons (Fsp3) is 0.188. The van der Waals surface area contributed by atoms with E-state index < -0.39 is 0 Å². The van der Waals surface area contributed by atoms with Crippen molar-refractivity contribution >= 4 is 28.3 Å². The second kappa shape index (κ2) is 5.30. The summed E-state index contributed by atoms with van der Waals surface area (Å²) in [6, 6.07) is 10.7. The number of aromatic hydroxyl groups is 1. The molecule has 0 fully saturated rings. The maximum atomic E-state index is 10.2. The lowest BCUT2D eigenvalue weighted by Crippen LogP contribution is -2.00. The van der Waals surface area contributed by atoms with E-state index in [1.54, 1.807) is 12.1 Å². The van der Waals surface area contributed by atoms with Crippen molar-refractivity contribution in [1.82, 2.24) is 9.55 Å². The zero-order chi connectivity index (χ0) is 15.0. The summed E-state index contributed by atoms with van der Waals surface area (Å²) in [5.41, 5.74) is 8.72. The second-order valence-electron chi connectivity index (χ2n) is 5.00. The van der Waals surface area contributed by atoms with Crippen LogP contribution in [0.4, 0.5) is 5.69 Å². The van der Waals surface area contributed by atoms with Crippen LogP contribution in [0.2, 0.25) is 5.02 Å². The topological polar surface area (TPSA) is 64.1 Å². The molecule has 1 heterocycles. The van der Waals surface area contributed by atoms with Gasteiger partial charge in [-0.3, -0.25) is 0 Å². The van der Waals surface area contributed by atoms with E-state index in [-0.39, 0.29) is 5.75 Å². The third-order valence-electron chi connectivity index (χ3n) is 3.42. The summed E-state index contributed by atoms with van der Waals surface area (Å²) in [5, 5.41) is 10.8. The Morgan fingerprint density at radius 1 is 1.24 bits per heavy atom. The molecule has 108 valence electrons. The number of nitrogens with two attached hydrogens (primary N) is 1. The van der Waals surface area contributed by atoms with E-state index in [0.717, 1.165) is 29.8 Å². The summed E-state index contributed by atoms with van der Waals surface area (Å²) < 4.78 is 2.09. The zero-order valence-electron chi connectivity index (χ0n) is 11.7. The van der Waals surface area contributed by atoms with Gasteiger partial charge in [-0.25, -0.2) is 4.98 Å². The van der Waals surface area contributed by atoms with Crippen molar-refractivity contribution in [3.63, 3.8) is 0 Å². The van der Waals surface area contributed by atoms with Gasteiger partial charge >= 0.3 is 0 Å². The van der Waals surface area contributed by atoms with Crippen LogP contribution in [-0.4, -0.2) is 14.7 Å². The second-order valence-corrected chi connectivity index (χ2v) is 5.43. The number of hydrogen-bond acceptors (Lipinski definition) is 3. The Balaban J connectivity index is 2.27. The predicted octanol–water partition coefficient (Wildman–Crippen LogP) is 4.05. The lowest BCUT2D eigenvalue weighted by Gasteiger charge is -2.09. The minimum absolute atomic E-state index is 0.133. The van der Waals surface area contributed by atoms with Crippen LogP contribution < -0.4 is 5.73 Å². The molecule has 0 atom stereocenters. The minimum Gasteiger partial charge on any atom is -0.507 e. The van der Waals surface area contributed by atoms with E-state index in [9.17, 15) is 5.11 Å². The van der Waals surface area contributed by atoms with Crippen LogP contribution in [0.15, 0.2) is 36.4 Å². The maximum Gasteiger partial charge on any atom is 0.144 e. The molecule has 4 nitrogen and oxygen atoms in total. The lowest BCUT2D eigenvalue weighted by molar-refractivity contribution is 0.476. The van der Waals surface area contributed by atoms with Crippen LogP contribution >= 0.6 is 11.6 Å². The number of aromatic nitrogens is 2. The first kappa shape index (κ1) is 13.8. The largest absolute Gasteiger partial charge is 0.507 e. The van der Waals surface area contributed by atoms with E-state index in [1.165, 1.54) is 6.07 Å². The number of phenols is 1. The molecule has 3 rings (SSSR count). The van der Waals surface area contributed by atoms with Crippen molar-refractivity contribution in [3.8, 4) is 17.1 Å². The molecule has 0 aliphatic carbocycles. The average molecular weight is 302 g/mol. The van der Waals surface area contributed by atoms with E-state index in [0.29, 0.717) is 16.3 Å². The smallest absolute Gasteiger partial charge is 0.144 e. The lowest BCUT2D eigenvalue weighted by atomic mass is 10.1. The Hall–Kier alpha value is -2.20. The SMILES string of the molecule is CCCn1c(-c2ccc(N)cc2O)nc2cc(Cl)ccc21. The van der Waals surface area contributed by atoms with E-state index in [4.69, 9.17) is 17.3 Å². The van der Waals surface area contributed by atoms with Crippen LogP contribution in [0.1, 0.15) is 13.3 Å². The van der Waals surface area contributed by atoms with Crippen LogP contribution in [0.5, 0.6) is 5.75 Å². The Morgan fingerprint density at radius 2 is 2.05 bits per heavy atom. The first-order valence-electron chi connectivity index (χ1n) is 6.85. The van der Waals surface area contributed by atoms with Gasteiger partial charge in [0.1, 0.15) is 11.6 Å². The molecular formula is C16H16ClN3O. The molecule has 21 heavy (non-hydrogen) atoms. The number of imidazole rings is 1. The molecule has 2 aromatic carbocycles. The molecule has 5 heteroatoms. The van der Waals surface area contributed by atoms with Gasteiger partial charge in [-0.05, 0) is 36.8 Å². The molecule has 0 spiro atoms. The highest BCUT2D eigenvalue weighted by Gasteiger charge is 2.15. The van der Waals surface area contributed by atoms with Crippen LogP contribution in [-0.2, 0) is 6.54 Å². The van der Waals surface area contributed by atoms with Gasteiger partial charge < -0.3 is 15.4 Å². The number of hydrogen-bond donors (Lipinski definition) is 2. The van der Waals surface area contributed by atoms with E-state index in [2.05, 4.69) is 16.5 Å². The van der Waals surface area contributed by atoms with Crippen LogP contribution in [0.3, 0.4) is 0 Å². The number of nitrogens with zero attached hydrogens (tertiary/aromatic N) is 2. The fourth-order valence-electron chi connectivity index (χ4n) is 2.50. The minimum atomic E-state index is 0.133. The average Bonchev–Trinajstić information content (AvgIpc) is 2.77. The molecule has 0 radical (unpaired) electrons. The van der Waals surface area contributed by atoms with Crippen LogP contribution in [0, 0.1) is 0 Å². The predicted molar refractivity (Wildman–Crippen MR) is 86.5 cm³/mol. The highest BCUT2D eigenvalue weighted by Crippen LogP contribution is 2.33. The van der Waals surface area contributed by atoms with Gasteiger partial charge in [-0.1, -0.05) is 18.5 Å². The van der Waals surface area contributed by atoms with Crippen molar-refractivity contribution < 1.29 is 5.11 Å². The fourth-order valence-corrected chi connectivity index (χ4v) is 2.66. The number of aryl methyl sites for hydroxylation is 1.